The van der Waals surface area contributed by atoms with Gasteiger partial charge in [-0.05, 0) is 35.9 Å². The van der Waals surface area contributed by atoms with Gasteiger partial charge in [-0.15, -0.1) is 0 Å². The maximum atomic E-state index is 12.1. The molecule has 1 N–H and O–H groups in total. The SMILES string of the molecule is CS(=O)(=O)N(CC(=O)N/N=C\c1cccc(Cl)c1)c1cc(Cl)ccc1Cl. The van der Waals surface area contributed by atoms with Crippen molar-refractivity contribution in [2.45, 2.75) is 0 Å². The fourth-order valence-corrected chi connectivity index (χ4v) is 3.48. The second kappa shape index (κ2) is 8.73. The van der Waals surface area contributed by atoms with Gasteiger partial charge in [0, 0.05) is 10.0 Å². The molecule has 0 heterocycles. The highest BCUT2D eigenvalue weighted by atomic mass is 35.5. The van der Waals surface area contributed by atoms with E-state index in [9.17, 15) is 13.2 Å². The molecule has 0 aliphatic heterocycles. The highest BCUT2D eigenvalue weighted by Crippen LogP contribution is 2.30. The maximum absolute atomic E-state index is 12.1. The summed E-state index contributed by atoms with van der Waals surface area (Å²) in [5, 5.41) is 4.75. The van der Waals surface area contributed by atoms with Crippen LogP contribution in [0.25, 0.3) is 0 Å². The van der Waals surface area contributed by atoms with Gasteiger partial charge in [0.25, 0.3) is 5.91 Å². The molecule has 0 bridgehead atoms. The first-order valence-electron chi connectivity index (χ1n) is 7.17. The quantitative estimate of drug-likeness (QED) is 0.558. The number of amides is 1. The summed E-state index contributed by atoms with van der Waals surface area (Å²) >= 11 is 17.8. The molecule has 2 rings (SSSR count). The normalized spacial score (nSPS) is 11.5. The highest BCUT2D eigenvalue weighted by Gasteiger charge is 2.23. The standard InChI is InChI=1S/C16H14Cl3N3O3S/c1-26(24,25)22(15-8-13(18)5-6-14(15)19)10-16(23)21-20-9-11-3-2-4-12(17)7-11/h2-9H,10H2,1H3,(H,21,23)/b20-9-. The minimum atomic E-state index is -3.78. The van der Waals surface area contributed by atoms with Crippen LogP contribution in [0, 0.1) is 0 Å². The molecule has 0 saturated heterocycles. The van der Waals surface area contributed by atoms with Crippen molar-refractivity contribution < 1.29 is 13.2 Å². The van der Waals surface area contributed by atoms with Crippen LogP contribution in [0.2, 0.25) is 15.1 Å². The van der Waals surface area contributed by atoms with E-state index in [1.165, 1.54) is 24.4 Å². The molecule has 0 aromatic heterocycles. The van der Waals surface area contributed by atoms with Gasteiger partial charge in [-0.1, -0.05) is 46.9 Å². The molecule has 0 aliphatic rings. The molecule has 26 heavy (non-hydrogen) atoms. The van der Waals surface area contributed by atoms with Gasteiger partial charge in [-0.2, -0.15) is 5.10 Å². The first-order valence-corrected chi connectivity index (χ1v) is 10.2. The summed E-state index contributed by atoms with van der Waals surface area (Å²) in [5.74, 6) is -0.648. The molecule has 0 aliphatic carbocycles. The van der Waals surface area contributed by atoms with Gasteiger partial charge in [-0.3, -0.25) is 9.10 Å². The Balaban J connectivity index is 2.14. The lowest BCUT2D eigenvalue weighted by atomic mass is 10.2. The molecule has 2 aromatic rings. The summed E-state index contributed by atoms with van der Waals surface area (Å²) < 4.78 is 25.0. The number of sulfonamides is 1. The summed E-state index contributed by atoms with van der Waals surface area (Å²) in [7, 11) is -3.78. The van der Waals surface area contributed by atoms with Crippen LogP contribution in [0.15, 0.2) is 47.6 Å². The molecule has 0 radical (unpaired) electrons. The minimum absolute atomic E-state index is 0.107. The number of benzene rings is 2. The molecule has 0 atom stereocenters. The molecule has 0 saturated carbocycles. The summed E-state index contributed by atoms with van der Waals surface area (Å²) in [6, 6.07) is 11.2. The van der Waals surface area contributed by atoms with Crippen LogP contribution in [0.5, 0.6) is 0 Å². The van der Waals surface area contributed by atoms with Crippen molar-refractivity contribution in [3.8, 4) is 0 Å². The van der Waals surface area contributed by atoms with E-state index in [0.717, 1.165) is 10.6 Å². The van der Waals surface area contributed by atoms with Gasteiger partial charge in [0.2, 0.25) is 10.0 Å². The Morgan fingerprint density at radius 3 is 2.50 bits per heavy atom. The Labute approximate surface area is 166 Å². The Morgan fingerprint density at radius 2 is 1.85 bits per heavy atom. The van der Waals surface area contributed by atoms with Crippen molar-refractivity contribution >= 4 is 62.6 Å². The van der Waals surface area contributed by atoms with E-state index in [2.05, 4.69) is 10.5 Å². The molecular weight excluding hydrogens is 421 g/mol. The Bertz CT molecular complexity index is 949. The lowest BCUT2D eigenvalue weighted by molar-refractivity contribution is -0.119. The molecule has 138 valence electrons. The van der Waals surface area contributed by atoms with Gasteiger partial charge in [0.1, 0.15) is 6.54 Å². The molecule has 2 aromatic carbocycles. The van der Waals surface area contributed by atoms with E-state index in [0.29, 0.717) is 10.6 Å². The fraction of sp³-hybridized carbons (Fsp3) is 0.125. The van der Waals surface area contributed by atoms with Crippen molar-refractivity contribution in [2.24, 2.45) is 5.10 Å². The Hall–Kier alpha value is -1.80. The number of hydrogen-bond acceptors (Lipinski definition) is 4. The van der Waals surface area contributed by atoms with Crippen molar-refractivity contribution in [1.29, 1.82) is 0 Å². The molecule has 6 nitrogen and oxygen atoms in total. The van der Waals surface area contributed by atoms with Crippen LogP contribution in [-0.4, -0.2) is 33.3 Å². The Morgan fingerprint density at radius 1 is 1.15 bits per heavy atom. The summed E-state index contributed by atoms with van der Waals surface area (Å²) in [4.78, 5) is 12.1. The minimum Gasteiger partial charge on any atom is -0.271 e. The van der Waals surface area contributed by atoms with E-state index in [1.807, 2.05) is 0 Å². The third kappa shape index (κ3) is 5.88. The average Bonchev–Trinajstić information content (AvgIpc) is 2.54. The van der Waals surface area contributed by atoms with Gasteiger partial charge < -0.3 is 0 Å². The summed E-state index contributed by atoms with van der Waals surface area (Å²) in [5.41, 5.74) is 3.05. The third-order valence-electron chi connectivity index (χ3n) is 3.12. The predicted octanol–water partition coefficient (Wildman–Crippen LogP) is 3.56. The van der Waals surface area contributed by atoms with Gasteiger partial charge in [-0.25, -0.2) is 13.8 Å². The number of nitrogens with zero attached hydrogens (tertiary/aromatic N) is 2. The zero-order valence-corrected chi connectivity index (χ0v) is 16.6. The van der Waals surface area contributed by atoms with E-state index < -0.39 is 22.5 Å². The van der Waals surface area contributed by atoms with E-state index in [-0.39, 0.29) is 15.7 Å². The highest BCUT2D eigenvalue weighted by molar-refractivity contribution is 7.92. The van der Waals surface area contributed by atoms with Crippen LogP contribution < -0.4 is 9.73 Å². The van der Waals surface area contributed by atoms with Crippen LogP contribution in [-0.2, 0) is 14.8 Å². The van der Waals surface area contributed by atoms with Gasteiger partial charge in [0.05, 0.1) is 23.2 Å². The largest absolute Gasteiger partial charge is 0.271 e. The van der Waals surface area contributed by atoms with Crippen molar-refractivity contribution in [3.63, 3.8) is 0 Å². The number of rotatable bonds is 6. The number of carbonyl (C=O) groups excluding carboxylic acids is 1. The molecule has 1 amide bonds. The lowest BCUT2D eigenvalue weighted by Gasteiger charge is -2.22. The third-order valence-corrected chi connectivity index (χ3v) is 5.03. The van der Waals surface area contributed by atoms with Crippen molar-refractivity contribution in [3.05, 3.63) is 63.1 Å². The molecule has 0 fully saturated rings. The predicted molar refractivity (Wildman–Crippen MR) is 106 cm³/mol. The first kappa shape index (κ1) is 20.5. The topological polar surface area (TPSA) is 78.8 Å². The average molecular weight is 435 g/mol. The summed E-state index contributed by atoms with van der Waals surface area (Å²) in [6.07, 6.45) is 2.35. The monoisotopic (exact) mass is 433 g/mol. The first-order chi connectivity index (χ1) is 12.2. The smallest absolute Gasteiger partial charge is 0.260 e. The maximum Gasteiger partial charge on any atom is 0.260 e. The Kier molecular flexibility index (Phi) is 6.88. The van der Waals surface area contributed by atoms with Crippen molar-refractivity contribution in [2.75, 3.05) is 17.1 Å². The molecule has 0 spiro atoms. The number of nitrogens with one attached hydrogen (secondary N) is 1. The fourth-order valence-electron chi connectivity index (χ4n) is 1.99. The van der Waals surface area contributed by atoms with E-state index >= 15 is 0 Å². The number of hydrazone groups is 1. The van der Waals surface area contributed by atoms with Crippen molar-refractivity contribution in [1.82, 2.24) is 5.43 Å². The zero-order chi connectivity index (χ0) is 19.3. The van der Waals surface area contributed by atoms with Crippen LogP contribution in [0.1, 0.15) is 5.56 Å². The number of anilines is 1. The van der Waals surface area contributed by atoms with Crippen LogP contribution >= 0.6 is 34.8 Å². The number of halogens is 3. The van der Waals surface area contributed by atoms with Gasteiger partial charge >= 0.3 is 0 Å². The zero-order valence-electron chi connectivity index (χ0n) is 13.5. The van der Waals surface area contributed by atoms with E-state index in [4.69, 9.17) is 34.8 Å². The van der Waals surface area contributed by atoms with Gasteiger partial charge in [0.15, 0.2) is 0 Å². The lowest BCUT2D eigenvalue weighted by Crippen LogP contribution is -2.39. The second-order valence-corrected chi connectivity index (χ2v) is 8.40. The molecular formula is C16H14Cl3N3O3S. The van der Waals surface area contributed by atoms with E-state index in [1.54, 1.807) is 24.3 Å². The molecule has 10 heteroatoms. The second-order valence-electron chi connectivity index (χ2n) is 5.21. The van der Waals surface area contributed by atoms with Crippen LogP contribution in [0.3, 0.4) is 0 Å². The molecule has 0 unspecified atom stereocenters. The number of carbonyl (C=O) groups is 1. The summed E-state index contributed by atoms with van der Waals surface area (Å²) in [6.45, 7) is -0.508. The number of hydrogen-bond donors (Lipinski definition) is 1. The van der Waals surface area contributed by atoms with Crippen LogP contribution in [0.4, 0.5) is 5.69 Å².